The third-order valence-corrected chi connectivity index (χ3v) is 3.92. The molecule has 92 valence electrons. The lowest BCUT2D eigenvalue weighted by molar-refractivity contribution is -0.130. The molecule has 1 amide bonds. The van der Waals surface area contributed by atoms with Crippen LogP contribution in [0.25, 0.3) is 0 Å². The van der Waals surface area contributed by atoms with E-state index >= 15 is 0 Å². The zero-order valence-electron chi connectivity index (χ0n) is 10.1. The topological polar surface area (TPSA) is 58.4 Å². The van der Waals surface area contributed by atoms with Gasteiger partial charge in [-0.1, -0.05) is 13.3 Å². The highest BCUT2D eigenvalue weighted by Gasteiger charge is 2.34. The van der Waals surface area contributed by atoms with E-state index in [1.807, 2.05) is 0 Å². The summed E-state index contributed by atoms with van der Waals surface area (Å²) in [4.78, 5) is 14.2. The molecule has 3 N–H and O–H groups in total. The van der Waals surface area contributed by atoms with E-state index in [1.165, 1.54) is 12.8 Å². The molecule has 2 fully saturated rings. The summed E-state index contributed by atoms with van der Waals surface area (Å²) in [5.74, 6) is 0.202. The minimum Gasteiger partial charge on any atom is -0.353 e. The number of hydrogen-bond donors (Lipinski definition) is 2. The molecule has 16 heavy (non-hydrogen) atoms. The van der Waals surface area contributed by atoms with Crippen LogP contribution in [0.15, 0.2) is 0 Å². The van der Waals surface area contributed by atoms with Gasteiger partial charge in [0.05, 0.1) is 6.04 Å². The maximum absolute atomic E-state index is 11.8. The predicted molar refractivity (Wildman–Crippen MR) is 64.0 cm³/mol. The van der Waals surface area contributed by atoms with E-state index in [1.54, 1.807) is 0 Å². The SMILES string of the molecule is CCC1C(=O)NCCN1C1CCCC(N)C1. The number of nitrogens with zero attached hydrogens (tertiary/aromatic N) is 1. The first kappa shape index (κ1) is 11.9. The fourth-order valence-electron chi connectivity index (χ4n) is 3.09. The molecular formula is C12H23N3O. The van der Waals surface area contributed by atoms with E-state index in [2.05, 4.69) is 17.1 Å². The molecule has 1 aliphatic heterocycles. The number of nitrogens with one attached hydrogen (secondary N) is 1. The quantitative estimate of drug-likeness (QED) is 0.718. The lowest BCUT2D eigenvalue weighted by Gasteiger charge is -2.43. The molecule has 4 nitrogen and oxygen atoms in total. The second kappa shape index (κ2) is 5.15. The summed E-state index contributed by atoms with van der Waals surface area (Å²) < 4.78 is 0. The van der Waals surface area contributed by atoms with Crippen molar-refractivity contribution in [2.24, 2.45) is 5.73 Å². The zero-order valence-corrected chi connectivity index (χ0v) is 10.1. The van der Waals surface area contributed by atoms with Gasteiger partial charge in [-0.3, -0.25) is 9.69 Å². The third kappa shape index (κ3) is 2.38. The van der Waals surface area contributed by atoms with Crippen molar-refractivity contribution in [3.8, 4) is 0 Å². The summed E-state index contributed by atoms with van der Waals surface area (Å²) in [6.45, 7) is 3.87. The number of carbonyl (C=O) groups excluding carboxylic acids is 1. The summed E-state index contributed by atoms with van der Waals surface area (Å²) in [5, 5.41) is 2.95. The number of hydrogen-bond acceptors (Lipinski definition) is 3. The summed E-state index contributed by atoms with van der Waals surface area (Å²) >= 11 is 0. The minimum absolute atomic E-state index is 0.0732. The highest BCUT2D eigenvalue weighted by atomic mass is 16.2. The highest BCUT2D eigenvalue weighted by Crippen LogP contribution is 2.25. The van der Waals surface area contributed by atoms with Gasteiger partial charge in [0.1, 0.15) is 0 Å². The molecule has 0 spiro atoms. The fraction of sp³-hybridized carbons (Fsp3) is 0.917. The van der Waals surface area contributed by atoms with E-state index < -0.39 is 0 Å². The number of nitrogens with two attached hydrogens (primary N) is 1. The number of rotatable bonds is 2. The van der Waals surface area contributed by atoms with Crippen LogP contribution in [-0.4, -0.2) is 42.0 Å². The molecule has 0 aromatic heterocycles. The van der Waals surface area contributed by atoms with Crippen molar-refractivity contribution < 1.29 is 4.79 Å². The molecule has 3 unspecified atom stereocenters. The number of amides is 1. The first-order valence-electron chi connectivity index (χ1n) is 6.51. The van der Waals surface area contributed by atoms with Crippen molar-refractivity contribution in [3.05, 3.63) is 0 Å². The monoisotopic (exact) mass is 225 g/mol. The standard InChI is InChI=1S/C12H23N3O/c1-2-11-12(16)14-6-7-15(11)10-5-3-4-9(13)8-10/h9-11H,2-8,13H2,1H3,(H,14,16). The van der Waals surface area contributed by atoms with Crippen molar-refractivity contribution in [2.45, 2.75) is 57.2 Å². The Labute approximate surface area is 97.6 Å². The summed E-state index contributed by atoms with van der Waals surface area (Å²) in [5.41, 5.74) is 6.03. The molecule has 0 aromatic carbocycles. The van der Waals surface area contributed by atoms with Crippen molar-refractivity contribution in [3.63, 3.8) is 0 Å². The van der Waals surface area contributed by atoms with Gasteiger partial charge in [-0.25, -0.2) is 0 Å². The van der Waals surface area contributed by atoms with Gasteiger partial charge in [-0.15, -0.1) is 0 Å². The van der Waals surface area contributed by atoms with Crippen LogP contribution < -0.4 is 11.1 Å². The zero-order chi connectivity index (χ0) is 11.5. The van der Waals surface area contributed by atoms with Crippen molar-refractivity contribution in [2.75, 3.05) is 13.1 Å². The van der Waals surface area contributed by atoms with Crippen LogP contribution in [0.1, 0.15) is 39.0 Å². The van der Waals surface area contributed by atoms with Gasteiger partial charge in [0.2, 0.25) is 5.91 Å². The van der Waals surface area contributed by atoms with E-state index in [4.69, 9.17) is 5.73 Å². The largest absolute Gasteiger partial charge is 0.353 e. The van der Waals surface area contributed by atoms with E-state index in [0.717, 1.165) is 32.4 Å². The Morgan fingerprint density at radius 1 is 1.50 bits per heavy atom. The predicted octanol–water partition coefficient (Wildman–Crippen LogP) is 0.467. The lowest BCUT2D eigenvalue weighted by atomic mass is 9.89. The Kier molecular flexibility index (Phi) is 3.82. The van der Waals surface area contributed by atoms with Gasteiger partial charge >= 0.3 is 0 Å². The average Bonchev–Trinajstić information content (AvgIpc) is 2.28. The van der Waals surface area contributed by atoms with Crippen LogP contribution in [0.2, 0.25) is 0 Å². The average molecular weight is 225 g/mol. The molecular weight excluding hydrogens is 202 g/mol. The summed E-state index contributed by atoms with van der Waals surface area (Å²) in [6, 6.07) is 0.935. The van der Waals surface area contributed by atoms with Gasteiger partial charge in [0.15, 0.2) is 0 Å². The van der Waals surface area contributed by atoms with Crippen molar-refractivity contribution >= 4 is 5.91 Å². The molecule has 4 heteroatoms. The lowest BCUT2D eigenvalue weighted by Crippen LogP contribution is -2.59. The van der Waals surface area contributed by atoms with Crippen molar-refractivity contribution in [1.82, 2.24) is 10.2 Å². The van der Waals surface area contributed by atoms with Crippen LogP contribution >= 0.6 is 0 Å². The van der Waals surface area contributed by atoms with Gasteiger partial charge in [0.25, 0.3) is 0 Å². The molecule has 0 radical (unpaired) electrons. The molecule has 3 atom stereocenters. The van der Waals surface area contributed by atoms with Crippen LogP contribution in [-0.2, 0) is 4.79 Å². The van der Waals surface area contributed by atoms with Crippen LogP contribution in [0.5, 0.6) is 0 Å². The second-order valence-corrected chi connectivity index (χ2v) is 5.03. The molecule has 2 rings (SSSR count). The Balaban J connectivity index is 2.02. The molecule has 1 saturated carbocycles. The van der Waals surface area contributed by atoms with Crippen LogP contribution in [0.4, 0.5) is 0 Å². The van der Waals surface area contributed by atoms with Crippen LogP contribution in [0, 0.1) is 0 Å². The summed E-state index contributed by atoms with van der Waals surface area (Å²) in [7, 11) is 0. The molecule has 0 bridgehead atoms. The summed E-state index contributed by atoms with van der Waals surface area (Å²) in [6.07, 6.45) is 5.52. The Morgan fingerprint density at radius 2 is 2.31 bits per heavy atom. The number of carbonyl (C=O) groups is 1. The molecule has 1 saturated heterocycles. The normalized spacial score (nSPS) is 37.1. The first-order chi connectivity index (χ1) is 7.72. The van der Waals surface area contributed by atoms with Gasteiger partial charge in [0, 0.05) is 25.2 Å². The Hall–Kier alpha value is -0.610. The van der Waals surface area contributed by atoms with Crippen molar-refractivity contribution in [1.29, 1.82) is 0 Å². The molecule has 1 heterocycles. The highest BCUT2D eigenvalue weighted by molar-refractivity contribution is 5.82. The first-order valence-corrected chi connectivity index (χ1v) is 6.51. The Morgan fingerprint density at radius 3 is 3.00 bits per heavy atom. The van der Waals surface area contributed by atoms with Gasteiger partial charge < -0.3 is 11.1 Å². The van der Waals surface area contributed by atoms with Crippen LogP contribution in [0.3, 0.4) is 0 Å². The third-order valence-electron chi connectivity index (χ3n) is 3.92. The van der Waals surface area contributed by atoms with E-state index in [-0.39, 0.29) is 11.9 Å². The maximum atomic E-state index is 11.8. The molecule has 0 aromatic rings. The van der Waals surface area contributed by atoms with Gasteiger partial charge in [-0.2, -0.15) is 0 Å². The molecule has 2 aliphatic rings. The maximum Gasteiger partial charge on any atom is 0.237 e. The molecule has 1 aliphatic carbocycles. The van der Waals surface area contributed by atoms with E-state index in [9.17, 15) is 4.79 Å². The van der Waals surface area contributed by atoms with E-state index in [0.29, 0.717) is 12.1 Å². The fourth-order valence-corrected chi connectivity index (χ4v) is 3.09. The smallest absolute Gasteiger partial charge is 0.237 e. The Bertz CT molecular complexity index is 257. The minimum atomic E-state index is 0.0732. The second-order valence-electron chi connectivity index (χ2n) is 5.03. The van der Waals surface area contributed by atoms with Gasteiger partial charge in [-0.05, 0) is 25.7 Å². The number of piperazine rings is 1.